The van der Waals surface area contributed by atoms with E-state index >= 15 is 0 Å². The fourth-order valence-corrected chi connectivity index (χ4v) is 1.58. The van der Waals surface area contributed by atoms with Crippen molar-refractivity contribution in [2.75, 3.05) is 7.11 Å². The van der Waals surface area contributed by atoms with E-state index in [2.05, 4.69) is 0 Å². The van der Waals surface area contributed by atoms with Crippen LogP contribution in [0.1, 0.15) is 0 Å². The molecule has 0 aliphatic carbocycles. The van der Waals surface area contributed by atoms with Crippen molar-refractivity contribution in [3.8, 4) is 5.75 Å². The van der Waals surface area contributed by atoms with E-state index in [9.17, 15) is 4.79 Å². The molecule has 2 rings (SSSR count). The third-order valence-electron chi connectivity index (χ3n) is 2.32. The van der Waals surface area contributed by atoms with E-state index < -0.39 is 0 Å². The number of hydrogen-bond acceptors (Lipinski definition) is 2. The summed E-state index contributed by atoms with van der Waals surface area (Å²) in [5.74, 6) is 0.725. The van der Waals surface area contributed by atoms with Crippen LogP contribution < -0.4 is 10.3 Å². The largest absolute Gasteiger partial charge is 0.495 e. The van der Waals surface area contributed by atoms with Gasteiger partial charge in [-0.25, -0.2) is 0 Å². The molecule has 0 saturated heterocycles. The highest BCUT2D eigenvalue weighted by molar-refractivity contribution is 5.85. The molecular weight excluding hydrogens is 214 g/mol. The molecule has 0 spiro atoms. The number of fused-ring (bicyclic) bond motifs is 1. The fourth-order valence-electron chi connectivity index (χ4n) is 1.58. The molecule has 1 aromatic carbocycles. The number of aromatic nitrogens is 1. The minimum atomic E-state index is -0.0259. The Morgan fingerprint density at radius 3 is 2.60 bits per heavy atom. The molecule has 1 aromatic heterocycles. The Kier molecular flexibility index (Phi) is 3.37. The third kappa shape index (κ3) is 1.83. The highest BCUT2D eigenvalue weighted by Crippen LogP contribution is 2.22. The Balaban J connectivity index is 0.00000112. The second kappa shape index (κ2) is 4.36. The number of hydrogen-bond donors (Lipinski definition) is 0. The molecule has 0 aliphatic rings. The number of nitrogens with zero attached hydrogens (tertiary/aromatic N) is 1. The van der Waals surface area contributed by atoms with E-state index in [4.69, 9.17) is 4.74 Å². The Bertz CT molecular complexity index is 534. The van der Waals surface area contributed by atoms with E-state index in [0.717, 1.165) is 16.7 Å². The zero-order valence-electron chi connectivity index (χ0n) is 8.56. The number of para-hydroxylation sites is 1. The first-order valence-corrected chi connectivity index (χ1v) is 4.37. The van der Waals surface area contributed by atoms with Crippen LogP contribution in [0.2, 0.25) is 0 Å². The van der Waals surface area contributed by atoms with E-state index in [0.29, 0.717) is 0 Å². The molecule has 4 heteroatoms. The summed E-state index contributed by atoms with van der Waals surface area (Å²) in [4.78, 5) is 11.4. The smallest absolute Gasteiger partial charge is 0.250 e. The SMILES string of the molecule is COc1cccc2ccc(=O)n(C)c12.Cl. The number of halogens is 1. The summed E-state index contributed by atoms with van der Waals surface area (Å²) in [7, 11) is 3.35. The number of ether oxygens (including phenoxy) is 1. The first-order valence-electron chi connectivity index (χ1n) is 4.37. The quantitative estimate of drug-likeness (QED) is 0.743. The predicted octanol–water partition coefficient (Wildman–Crippen LogP) is 1.97. The molecule has 0 atom stereocenters. The average Bonchev–Trinajstić information content (AvgIpc) is 2.23. The minimum absolute atomic E-state index is 0. The number of rotatable bonds is 1. The van der Waals surface area contributed by atoms with Crippen LogP contribution in [0.15, 0.2) is 35.1 Å². The van der Waals surface area contributed by atoms with Crippen LogP contribution in [0.4, 0.5) is 0 Å². The molecule has 0 fully saturated rings. The first kappa shape index (κ1) is 11.6. The molecule has 0 unspecified atom stereocenters. The summed E-state index contributed by atoms with van der Waals surface area (Å²) in [6, 6.07) is 9.08. The standard InChI is InChI=1S/C11H11NO2.ClH/c1-12-10(13)7-6-8-4-3-5-9(14-2)11(8)12;/h3-7H,1-2H3;1H. The first-order chi connectivity index (χ1) is 6.74. The Labute approximate surface area is 93.7 Å². The van der Waals surface area contributed by atoms with Gasteiger partial charge in [0.25, 0.3) is 5.56 Å². The predicted molar refractivity (Wildman–Crippen MR) is 63.0 cm³/mol. The maximum atomic E-state index is 11.4. The maximum absolute atomic E-state index is 11.4. The molecule has 1 heterocycles. The second-order valence-corrected chi connectivity index (χ2v) is 3.13. The highest BCUT2D eigenvalue weighted by atomic mass is 35.5. The van der Waals surface area contributed by atoms with Gasteiger partial charge in [0.05, 0.1) is 12.6 Å². The van der Waals surface area contributed by atoms with Gasteiger partial charge in [-0.15, -0.1) is 12.4 Å². The monoisotopic (exact) mass is 225 g/mol. The van der Waals surface area contributed by atoms with E-state index in [-0.39, 0.29) is 18.0 Å². The Morgan fingerprint density at radius 2 is 1.93 bits per heavy atom. The number of aryl methyl sites for hydroxylation is 1. The van der Waals surface area contributed by atoms with Crippen molar-refractivity contribution in [2.45, 2.75) is 0 Å². The molecule has 0 radical (unpaired) electrons. The van der Waals surface area contributed by atoms with Gasteiger partial charge in [-0.1, -0.05) is 12.1 Å². The van der Waals surface area contributed by atoms with Gasteiger partial charge in [0, 0.05) is 18.5 Å². The third-order valence-corrected chi connectivity index (χ3v) is 2.32. The molecule has 0 N–H and O–H groups in total. The lowest BCUT2D eigenvalue weighted by Crippen LogP contribution is -2.15. The van der Waals surface area contributed by atoms with Gasteiger partial charge in [0.15, 0.2) is 0 Å². The normalized spacial score (nSPS) is 9.73. The number of pyridine rings is 1. The number of methoxy groups -OCH3 is 1. The number of benzene rings is 1. The van der Waals surface area contributed by atoms with Crippen LogP contribution in [0.5, 0.6) is 5.75 Å². The van der Waals surface area contributed by atoms with Crippen LogP contribution in [0, 0.1) is 0 Å². The van der Waals surface area contributed by atoms with Gasteiger partial charge >= 0.3 is 0 Å². The van der Waals surface area contributed by atoms with E-state index in [1.165, 1.54) is 0 Å². The summed E-state index contributed by atoms with van der Waals surface area (Å²) in [6.45, 7) is 0. The summed E-state index contributed by atoms with van der Waals surface area (Å²) in [5, 5.41) is 1.01. The van der Waals surface area contributed by atoms with Gasteiger partial charge in [0.2, 0.25) is 0 Å². The topological polar surface area (TPSA) is 31.2 Å². The molecule has 0 aliphatic heterocycles. The van der Waals surface area contributed by atoms with Crippen LogP contribution >= 0.6 is 12.4 Å². The van der Waals surface area contributed by atoms with Crippen molar-refractivity contribution >= 4 is 23.3 Å². The van der Waals surface area contributed by atoms with Crippen LogP contribution in [0.25, 0.3) is 10.9 Å². The van der Waals surface area contributed by atoms with Gasteiger partial charge in [-0.05, 0) is 12.1 Å². The molecule has 3 nitrogen and oxygen atoms in total. The summed E-state index contributed by atoms with van der Waals surface area (Å²) < 4.78 is 6.80. The van der Waals surface area contributed by atoms with Gasteiger partial charge < -0.3 is 9.30 Å². The van der Waals surface area contributed by atoms with Crippen molar-refractivity contribution in [3.05, 3.63) is 40.7 Å². The van der Waals surface area contributed by atoms with Gasteiger partial charge in [0.1, 0.15) is 5.75 Å². The van der Waals surface area contributed by atoms with Crippen molar-refractivity contribution in [3.63, 3.8) is 0 Å². The summed E-state index contributed by atoms with van der Waals surface area (Å²) in [6.07, 6.45) is 0. The lowest BCUT2D eigenvalue weighted by atomic mass is 10.2. The van der Waals surface area contributed by atoms with Crippen LogP contribution in [0.3, 0.4) is 0 Å². The van der Waals surface area contributed by atoms with Crippen molar-refractivity contribution in [1.82, 2.24) is 4.57 Å². The molecule has 80 valence electrons. The summed E-state index contributed by atoms with van der Waals surface area (Å²) in [5.41, 5.74) is 0.810. The second-order valence-electron chi connectivity index (χ2n) is 3.13. The van der Waals surface area contributed by atoms with Crippen LogP contribution in [-0.2, 0) is 7.05 Å². The maximum Gasteiger partial charge on any atom is 0.250 e. The van der Waals surface area contributed by atoms with Gasteiger partial charge in [-0.2, -0.15) is 0 Å². The molecule has 2 aromatic rings. The average molecular weight is 226 g/mol. The summed E-state index contributed by atoms with van der Waals surface area (Å²) >= 11 is 0. The zero-order valence-corrected chi connectivity index (χ0v) is 9.38. The molecule has 15 heavy (non-hydrogen) atoms. The minimum Gasteiger partial charge on any atom is -0.495 e. The Hall–Kier alpha value is -1.48. The van der Waals surface area contributed by atoms with E-state index in [1.54, 1.807) is 30.9 Å². The lowest BCUT2D eigenvalue weighted by molar-refractivity contribution is 0.417. The molecule has 0 saturated carbocycles. The molecule has 0 bridgehead atoms. The Morgan fingerprint density at radius 1 is 1.20 bits per heavy atom. The van der Waals surface area contributed by atoms with E-state index in [1.807, 2.05) is 18.2 Å². The zero-order chi connectivity index (χ0) is 10.1. The van der Waals surface area contributed by atoms with Crippen molar-refractivity contribution in [1.29, 1.82) is 0 Å². The highest BCUT2D eigenvalue weighted by Gasteiger charge is 2.04. The van der Waals surface area contributed by atoms with Crippen molar-refractivity contribution in [2.24, 2.45) is 7.05 Å². The van der Waals surface area contributed by atoms with Crippen molar-refractivity contribution < 1.29 is 4.74 Å². The fraction of sp³-hybridized carbons (Fsp3) is 0.182. The molecule has 0 amide bonds. The van der Waals surface area contributed by atoms with Gasteiger partial charge in [-0.3, -0.25) is 4.79 Å². The molecular formula is C11H12ClNO2. The lowest BCUT2D eigenvalue weighted by Gasteiger charge is -2.08. The van der Waals surface area contributed by atoms with Crippen LogP contribution in [-0.4, -0.2) is 11.7 Å².